The van der Waals surface area contributed by atoms with Gasteiger partial charge in [0.25, 0.3) is 0 Å². The molecule has 0 aromatic rings. The minimum absolute atomic E-state index is 0.0521. The lowest BCUT2D eigenvalue weighted by molar-refractivity contribution is -0.141. The van der Waals surface area contributed by atoms with Crippen LogP contribution < -0.4 is 31.9 Å². The molecule has 7 atom stereocenters. The summed E-state index contributed by atoms with van der Waals surface area (Å²) in [4.78, 5) is 117. The number of aliphatic carboxylic acids is 2. The lowest BCUT2D eigenvalue weighted by atomic mass is 9.84. The normalized spacial score (nSPS) is 16.5. The summed E-state index contributed by atoms with van der Waals surface area (Å²) < 4.78 is 0. The fourth-order valence-corrected chi connectivity index (χ4v) is 7.50. The first kappa shape index (κ1) is 54.4. The van der Waals surface area contributed by atoms with E-state index in [0.29, 0.717) is 31.6 Å². The lowest BCUT2D eigenvalue weighted by Gasteiger charge is -2.31. The van der Waals surface area contributed by atoms with Crippen LogP contribution in [0.15, 0.2) is 0 Å². The fraction of sp³-hybridized carbons (Fsp3) is 0.795. The van der Waals surface area contributed by atoms with Gasteiger partial charge in [-0.2, -0.15) is 0 Å². The maximum absolute atomic E-state index is 14.2. The zero-order valence-electron chi connectivity index (χ0n) is 37.9. The van der Waals surface area contributed by atoms with Gasteiger partial charge in [-0.3, -0.25) is 43.2 Å². The SMILES string of the molecule is CCC(C)[C@H](NC(=O)[C@H](CC(C)C)NC(=O)[C@@H](CCC(=O)O)NC(=O)[C@H](CC(=O)O)NC(C)=O)C(=O)N[C@@H](CC1CCCCC1)C(=O)N[C@@H](CC)C(=O)CCCCCC(C)C. The Hall–Kier alpha value is -4.57. The second-order valence-electron chi connectivity index (χ2n) is 17.6. The van der Waals surface area contributed by atoms with Gasteiger partial charge >= 0.3 is 11.9 Å². The number of Topliss-reactive ketones (excluding diaryl/α,β-unsaturated/α-hetero) is 1. The molecule has 17 heteroatoms. The van der Waals surface area contributed by atoms with E-state index in [1.165, 1.54) is 0 Å². The highest BCUT2D eigenvalue weighted by Crippen LogP contribution is 2.28. The molecule has 0 spiro atoms. The van der Waals surface area contributed by atoms with Gasteiger partial charge in [0, 0.05) is 19.8 Å². The molecular weight excluding hydrogens is 789 g/mol. The number of hydrogen-bond acceptors (Lipinski definition) is 9. The van der Waals surface area contributed by atoms with Crippen molar-refractivity contribution in [1.82, 2.24) is 31.9 Å². The standard InChI is InChI=1S/C44H76N6O11/c1-9-28(7)39(44(61)49-34(24-30-18-14-12-15-19-30)41(58)46-31(10-2)36(52)20-16-11-13-17-26(3)4)50-43(60)33(23-27(5)6)48-40(57)32(21-22-37(53)54)47-42(59)35(25-38(55)56)45-29(8)51/h26-28,30-35,39H,9-25H2,1-8H3,(H,45,51)(H,46,58)(H,47,59)(H,48,57)(H,49,61)(H,50,60)(H,53,54)(H,55,56)/t28?,31-,32+,33-,34-,35-,39-/m0/s1. The Kier molecular flexibility index (Phi) is 25.8. The highest BCUT2D eigenvalue weighted by molar-refractivity contribution is 5.97. The second kappa shape index (κ2) is 28.9. The van der Waals surface area contributed by atoms with Crippen LogP contribution in [0.5, 0.6) is 0 Å². The summed E-state index contributed by atoms with van der Waals surface area (Å²) in [5.74, 6) is -7.06. The van der Waals surface area contributed by atoms with Crippen LogP contribution in [-0.2, 0) is 43.2 Å². The van der Waals surface area contributed by atoms with Crippen molar-refractivity contribution in [3.8, 4) is 0 Å². The zero-order chi connectivity index (χ0) is 46.2. The third kappa shape index (κ3) is 22.2. The number of carboxylic acids is 2. The number of carbonyl (C=O) groups excluding carboxylic acids is 7. The van der Waals surface area contributed by atoms with E-state index in [0.717, 1.165) is 64.7 Å². The van der Waals surface area contributed by atoms with Crippen LogP contribution in [0.1, 0.15) is 165 Å². The van der Waals surface area contributed by atoms with Gasteiger partial charge in [-0.15, -0.1) is 0 Å². The van der Waals surface area contributed by atoms with E-state index in [9.17, 15) is 53.4 Å². The Labute approximate surface area is 362 Å². The third-order valence-corrected chi connectivity index (χ3v) is 11.2. The van der Waals surface area contributed by atoms with E-state index in [1.54, 1.807) is 20.8 Å². The van der Waals surface area contributed by atoms with Crippen molar-refractivity contribution < 1.29 is 53.4 Å². The molecule has 1 unspecified atom stereocenters. The van der Waals surface area contributed by atoms with Crippen LogP contribution >= 0.6 is 0 Å². The van der Waals surface area contributed by atoms with Crippen LogP contribution in [-0.4, -0.2) is 99.6 Å². The Morgan fingerprint density at radius 2 is 1.10 bits per heavy atom. The Balaban J connectivity index is 3.33. The molecular formula is C44H76N6O11. The highest BCUT2D eigenvalue weighted by Gasteiger charge is 2.36. The Bertz CT molecular complexity index is 1450. The van der Waals surface area contributed by atoms with Gasteiger partial charge in [0.15, 0.2) is 5.78 Å². The van der Waals surface area contributed by atoms with Crippen LogP contribution in [0, 0.1) is 23.7 Å². The predicted octanol–water partition coefficient (Wildman–Crippen LogP) is 3.90. The van der Waals surface area contributed by atoms with Crippen molar-refractivity contribution in [2.45, 2.75) is 201 Å². The predicted molar refractivity (Wildman–Crippen MR) is 230 cm³/mol. The largest absolute Gasteiger partial charge is 0.481 e. The number of carboxylic acid groups (broad SMARTS) is 2. The summed E-state index contributed by atoms with van der Waals surface area (Å²) in [6.45, 7) is 14.4. The second-order valence-corrected chi connectivity index (χ2v) is 17.6. The lowest BCUT2D eigenvalue weighted by Crippen LogP contribution is -2.61. The van der Waals surface area contributed by atoms with Crippen molar-refractivity contribution in [3.63, 3.8) is 0 Å². The maximum Gasteiger partial charge on any atom is 0.305 e. The van der Waals surface area contributed by atoms with Gasteiger partial charge in [0.2, 0.25) is 35.4 Å². The molecule has 0 bridgehead atoms. The first-order chi connectivity index (χ1) is 28.7. The van der Waals surface area contributed by atoms with Crippen molar-refractivity contribution >= 4 is 53.2 Å². The molecule has 6 amide bonds. The van der Waals surface area contributed by atoms with E-state index in [2.05, 4.69) is 45.7 Å². The number of nitrogens with one attached hydrogen (secondary N) is 6. The topological polar surface area (TPSA) is 266 Å². The molecule has 0 aromatic heterocycles. The third-order valence-electron chi connectivity index (χ3n) is 11.2. The van der Waals surface area contributed by atoms with Crippen LogP contribution in [0.25, 0.3) is 0 Å². The molecule has 1 aliphatic carbocycles. The first-order valence-corrected chi connectivity index (χ1v) is 22.4. The van der Waals surface area contributed by atoms with Gasteiger partial charge < -0.3 is 42.1 Å². The van der Waals surface area contributed by atoms with Crippen LogP contribution in [0.4, 0.5) is 0 Å². The van der Waals surface area contributed by atoms with Gasteiger partial charge in [0.1, 0.15) is 30.2 Å². The minimum Gasteiger partial charge on any atom is -0.481 e. The van der Waals surface area contributed by atoms with E-state index in [-0.39, 0.29) is 24.0 Å². The summed E-state index contributed by atoms with van der Waals surface area (Å²) in [7, 11) is 0. The highest BCUT2D eigenvalue weighted by atomic mass is 16.4. The minimum atomic E-state index is -1.57. The summed E-state index contributed by atoms with van der Waals surface area (Å²) in [6.07, 6.45) is 8.53. The summed E-state index contributed by atoms with van der Waals surface area (Å²) in [5, 5.41) is 34.3. The monoisotopic (exact) mass is 865 g/mol. The van der Waals surface area contributed by atoms with E-state index in [1.807, 2.05) is 13.8 Å². The summed E-state index contributed by atoms with van der Waals surface area (Å²) in [6, 6.07) is -7.18. The molecule has 17 nitrogen and oxygen atoms in total. The fourth-order valence-electron chi connectivity index (χ4n) is 7.50. The number of carbonyl (C=O) groups is 9. The molecule has 1 fully saturated rings. The Morgan fingerprint density at radius 3 is 1.64 bits per heavy atom. The van der Waals surface area contributed by atoms with Crippen molar-refractivity contribution in [1.29, 1.82) is 0 Å². The number of amides is 6. The van der Waals surface area contributed by atoms with E-state index >= 15 is 0 Å². The van der Waals surface area contributed by atoms with Gasteiger partial charge in [-0.25, -0.2) is 0 Å². The smallest absolute Gasteiger partial charge is 0.305 e. The molecule has 0 aliphatic heterocycles. The molecule has 1 saturated carbocycles. The molecule has 1 aliphatic rings. The molecule has 0 aromatic carbocycles. The summed E-state index contributed by atoms with van der Waals surface area (Å²) >= 11 is 0. The Morgan fingerprint density at radius 1 is 0.541 bits per heavy atom. The molecule has 0 radical (unpaired) electrons. The van der Waals surface area contributed by atoms with E-state index < -0.39 is 109 Å². The van der Waals surface area contributed by atoms with Gasteiger partial charge in [-0.05, 0) is 55.8 Å². The number of hydrogen-bond donors (Lipinski definition) is 8. The first-order valence-electron chi connectivity index (χ1n) is 22.4. The van der Waals surface area contributed by atoms with Crippen LogP contribution in [0.3, 0.4) is 0 Å². The molecule has 1 rings (SSSR count). The summed E-state index contributed by atoms with van der Waals surface area (Å²) in [5.41, 5.74) is 0. The number of rotatable bonds is 30. The van der Waals surface area contributed by atoms with Crippen LogP contribution in [0.2, 0.25) is 0 Å². The average Bonchev–Trinajstić information content (AvgIpc) is 3.18. The molecule has 0 saturated heterocycles. The van der Waals surface area contributed by atoms with Crippen molar-refractivity contribution in [2.75, 3.05) is 0 Å². The number of unbranched alkanes of at least 4 members (excludes halogenated alkanes) is 2. The molecule has 61 heavy (non-hydrogen) atoms. The molecule has 8 N–H and O–H groups in total. The zero-order valence-corrected chi connectivity index (χ0v) is 37.9. The van der Waals surface area contributed by atoms with Gasteiger partial charge in [-0.1, -0.05) is 106 Å². The quantitative estimate of drug-likeness (QED) is 0.0480. The van der Waals surface area contributed by atoms with Gasteiger partial charge in [0.05, 0.1) is 12.5 Å². The average molecular weight is 865 g/mol. The van der Waals surface area contributed by atoms with Crippen molar-refractivity contribution in [3.05, 3.63) is 0 Å². The van der Waals surface area contributed by atoms with Crippen molar-refractivity contribution in [2.24, 2.45) is 23.7 Å². The van der Waals surface area contributed by atoms with E-state index in [4.69, 9.17) is 0 Å². The number of ketones is 1. The molecule has 0 heterocycles. The molecule has 348 valence electrons. The maximum atomic E-state index is 14.2.